The Kier molecular flexibility index (Phi) is 3.11. The topological polar surface area (TPSA) is 31.2 Å². The summed E-state index contributed by atoms with van der Waals surface area (Å²) in [6.07, 6.45) is 4.38. The fourth-order valence-corrected chi connectivity index (χ4v) is 2.78. The molecule has 3 heteroatoms. The number of carbonyl (C=O) groups is 1. The first kappa shape index (κ1) is 12.0. The van der Waals surface area contributed by atoms with Gasteiger partial charge in [0.1, 0.15) is 0 Å². The maximum atomic E-state index is 11.3. The summed E-state index contributed by atoms with van der Waals surface area (Å²) in [5.74, 6) is -0.149. The van der Waals surface area contributed by atoms with Crippen molar-refractivity contribution in [2.45, 2.75) is 25.8 Å². The van der Waals surface area contributed by atoms with Crippen molar-refractivity contribution >= 4 is 5.97 Å². The zero-order chi connectivity index (χ0) is 13.2. The molecule has 19 heavy (non-hydrogen) atoms. The van der Waals surface area contributed by atoms with E-state index >= 15 is 0 Å². The van der Waals surface area contributed by atoms with E-state index < -0.39 is 0 Å². The molecular weight excluding hydrogens is 238 g/mol. The highest BCUT2D eigenvalue weighted by atomic mass is 16.5. The van der Waals surface area contributed by atoms with Crippen LogP contribution in [-0.4, -0.2) is 17.6 Å². The largest absolute Gasteiger partial charge is 0.469 e. The summed E-state index contributed by atoms with van der Waals surface area (Å²) in [5.41, 5.74) is 5.20. The minimum absolute atomic E-state index is 0.149. The molecule has 0 aliphatic carbocycles. The molecule has 1 aliphatic heterocycles. The van der Waals surface area contributed by atoms with Gasteiger partial charge in [0.25, 0.3) is 0 Å². The molecule has 0 saturated carbocycles. The lowest BCUT2D eigenvalue weighted by atomic mass is 9.95. The van der Waals surface area contributed by atoms with Gasteiger partial charge in [0.15, 0.2) is 0 Å². The molecule has 1 aromatic heterocycles. The summed E-state index contributed by atoms with van der Waals surface area (Å²) in [4.78, 5) is 11.3. The average molecular weight is 255 g/mol. The van der Waals surface area contributed by atoms with Crippen LogP contribution < -0.4 is 0 Å². The minimum atomic E-state index is -0.149. The van der Waals surface area contributed by atoms with Crippen molar-refractivity contribution in [1.29, 1.82) is 0 Å². The van der Waals surface area contributed by atoms with Crippen LogP contribution in [-0.2, 0) is 28.9 Å². The Morgan fingerprint density at radius 3 is 3.00 bits per heavy atom. The summed E-state index contributed by atoms with van der Waals surface area (Å²) in [6.45, 7) is 1.02. The Balaban J connectivity index is 1.94. The number of carbonyl (C=O) groups excluding carboxylic acids is 1. The zero-order valence-electron chi connectivity index (χ0n) is 11.1. The zero-order valence-corrected chi connectivity index (χ0v) is 11.1. The molecule has 3 nitrogen and oxygen atoms in total. The highest BCUT2D eigenvalue weighted by molar-refractivity contribution is 5.72. The van der Waals surface area contributed by atoms with Crippen molar-refractivity contribution in [3.63, 3.8) is 0 Å². The molecule has 1 aromatic carbocycles. The first-order valence-electron chi connectivity index (χ1n) is 6.62. The highest BCUT2D eigenvalue weighted by Gasteiger charge is 2.19. The van der Waals surface area contributed by atoms with Crippen molar-refractivity contribution in [2.24, 2.45) is 0 Å². The van der Waals surface area contributed by atoms with Gasteiger partial charge in [-0.1, -0.05) is 24.3 Å². The SMILES string of the molecule is COC(=O)CCc1ccn2c1-c1ccccc1CC2. The second-order valence-electron chi connectivity index (χ2n) is 4.87. The van der Waals surface area contributed by atoms with E-state index in [1.807, 2.05) is 0 Å². The van der Waals surface area contributed by atoms with Crippen molar-refractivity contribution < 1.29 is 9.53 Å². The van der Waals surface area contributed by atoms with Crippen LogP contribution in [0.25, 0.3) is 11.3 Å². The third-order valence-corrected chi connectivity index (χ3v) is 3.77. The average Bonchev–Trinajstić information content (AvgIpc) is 2.88. The van der Waals surface area contributed by atoms with Crippen LogP contribution in [0.2, 0.25) is 0 Å². The van der Waals surface area contributed by atoms with Gasteiger partial charge in [0, 0.05) is 24.7 Å². The highest BCUT2D eigenvalue weighted by Crippen LogP contribution is 2.33. The van der Waals surface area contributed by atoms with E-state index in [-0.39, 0.29) is 5.97 Å². The predicted octanol–water partition coefficient (Wildman–Crippen LogP) is 2.82. The van der Waals surface area contributed by atoms with Crippen molar-refractivity contribution in [3.05, 3.63) is 47.7 Å². The Labute approximate surface area is 112 Å². The summed E-state index contributed by atoms with van der Waals surface area (Å²) >= 11 is 0. The molecule has 1 aliphatic rings. The van der Waals surface area contributed by atoms with Crippen LogP contribution in [0, 0.1) is 0 Å². The van der Waals surface area contributed by atoms with Gasteiger partial charge in [-0.15, -0.1) is 0 Å². The molecule has 98 valence electrons. The number of hydrogen-bond acceptors (Lipinski definition) is 2. The standard InChI is InChI=1S/C16H17NO2/c1-19-15(18)7-6-13-9-11-17-10-8-12-4-2-3-5-14(12)16(13)17/h2-5,9,11H,6-8,10H2,1H3. The molecule has 0 saturated heterocycles. The number of rotatable bonds is 3. The van der Waals surface area contributed by atoms with E-state index in [0.717, 1.165) is 19.4 Å². The van der Waals surface area contributed by atoms with Gasteiger partial charge >= 0.3 is 5.97 Å². The molecule has 0 bridgehead atoms. The number of aromatic nitrogens is 1. The Hall–Kier alpha value is -2.03. The van der Waals surface area contributed by atoms with Crippen molar-refractivity contribution in [2.75, 3.05) is 7.11 Å². The summed E-state index contributed by atoms with van der Waals surface area (Å²) in [5, 5.41) is 0. The second kappa shape index (κ2) is 4.92. The number of esters is 1. The van der Waals surface area contributed by atoms with Crippen LogP contribution in [0.3, 0.4) is 0 Å². The maximum absolute atomic E-state index is 11.3. The molecule has 0 atom stereocenters. The van der Waals surface area contributed by atoms with E-state index in [4.69, 9.17) is 4.74 Å². The van der Waals surface area contributed by atoms with Crippen LogP contribution in [0.1, 0.15) is 17.5 Å². The van der Waals surface area contributed by atoms with Gasteiger partial charge < -0.3 is 9.30 Å². The normalized spacial score (nSPS) is 12.7. The second-order valence-corrected chi connectivity index (χ2v) is 4.87. The van der Waals surface area contributed by atoms with Crippen LogP contribution in [0.5, 0.6) is 0 Å². The molecule has 2 heterocycles. The quantitative estimate of drug-likeness (QED) is 0.790. The van der Waals surface area contributed by atoms with E-state index in [9.17, 15) is 4.79 Å². The molecule has 0 fully saturated rings. The van der Waals surface area contributed by atoms with Gasteiger partial charge in [-0.3, -0.25) is 4.79 Å². The monoisotopic (exact) mass is 255 g/mol. The van der Waals surface area contributed by atoms with Crippen molar-refractivity contribution in [3.8, 4) is 11.3 Å². The Bertz CT molecular complexity index is 613. The molecule has 3 rings (SSSR count). The fraction of sp³-hybridized carbons (Fsp3) is 0.312. The third kappa shape index (κ3) is 2.16. The summed E-state index contributed by atoms with van der Waals surface area (Å²) in [6, 6.07) is 10.6. The van der Waals surface area contributed by atoms with Crippen LogP contribution in [0.4, 0.5) is 0 Å². The van der Waals surface area contributed by atoms with E-state index in [2.05, 4.69) is 41.1 Å². The van der Waals surface area contributed by atoms with Crippen molar-refractivity contribution in [1.82, 2.24) is 4.57 Å². The molecule has 0 N–H and O–H groups in total. The summed E-state index contributed by atoms with van der Waals surface area (Å²) < 4.78 is 7.00. The number of nitrogens with zero attached hydrogens (tertiary/aromatic N) is 1. The Morgan fingerprint density at radius 2 is 2.16 bits per heavy atom. The lowest BCUT2D eigenvalue weighted by molar-refractivity contribution is -0.140. The molecule has 0 radical (unpaired) electrons. The summed E-state index contributed by atoms with van der Waals surface area (Å²) in [7, 11) is 1.44. The van der Waals surface area contributed by atoms with Gasteiger partial charge in [-0.2, -0.15) is 0 Å². The first-order chi connectivity index (χ1) is 9.29. The lowest BCUT2D eigenvalue weighted by Gasteiger charge is -2.20. The Morgan fingerprint density at radius 1 is 1.32 bits per heavy atom. The minimum Gasteiger partial charge on any atom is -0.469 e. The molecule has 0 spiro atoms. The van der Waals surface area contributed by atoms with Gasteiger partial charge in [0.05, 0.1) is 12.8 Å². The fourth-order valence-electron chi connectivity index (χ4n) is 2.78. The lowest BCUT2D eigenvalue weighted by Crippen LogP contribution is -2.11. The number of hydrogen-bond donors (Lipinski definition) is 0. The molecule has 2 aromatic rings. The number of methoxy groups -OCH3 is 1. The number of benzene rings is 1. The van der Waals surface area contributed by atoms with E-state index in [0.29, 0.717) is 6.42 Å². The van der Waals surface area contributed by atoms with Crippen LogP contribution in [0.15, 0.2) is 36.5 Å². The molecular formula is C16H17NO2. The number of ether oxygens (including phenoxy) is 1. The maximum Gasteiger partial charge on any atom is 0.305 e. The van der Waals surface area contributed by atoms with Gasteiger partial charge in [-0.05, 0) is 30.0 Å². The van der Waals surface area contributed by atoms with Crippen LogP contribution >= 0.6 is 0 Å². The van der Waals surface area contributed by atoms with Gasteiger partial charge in [0.2, 0.25) is 0 Å². The molecule has 0 amide bonds. The van der Waals surface area contributed by atoms with E-state index in [1.54, 1.807) is 0 Å². The number of aryl methyl sites for hydroxylation is 3. The van der Waals surface area contributed by atoms with Gasteiger partial charge in [-0.25, -0.2) is 0 Å². The number of fused-ring (bicyclic) bond motifs is 3. The predicted molar refractivity (Wildman–Crippen MR) is 73.9 cm³/mol. The smallest absolute Gasteiger partial charge is 0.305 e. The third-order valence-electron chi connectivity index (χ3n) is 3.77. The first-order valence-corrected chi connectivity index (χ1v) is 6.62. The van der Waals surface area contributed by atoms with E-state index in [1.165, 1.54) is 29.5 Å². The molecule has 0 unspecified atom stereocenters.